The van der Waals surface area contributed by atoms with E-state index in [2.05, 4.69) is 53.6 Å². The third-order valence-electron chi connectivity index (χ3n) is 4.82. The van der Waals surface area contributed by atoms with Crippen molar-refractivity contribution in [3.8, 4) is 0 Å². The minimum atomic E-state index is 0.731. The zero-order valence-electron chi connectivity index (χ0n) is 14.5. The molecule has 1 aliphatic carbocycles. The molecule has 4 nitrogen and oxygen atoms in total. The Morgan fingerprint density at radius 3 is 2.65 bits per heavy atom. The van der Waals surface area contributed by atoms with Crippen LogP contribution >= 0.6 is 0 Å². The predicted octanol–water partition coefficient (Wildman–Crippen LogP) is 2.53. The average molecular weight is 314 g/mol. The van der Waals surface area contributed by atoms with Crippen LogP contribution in [0.15, 0.2) is 29.3 Å². The lowest BCUT2D eigenvalue weighted by atomic mass is 10.1. The normalized spacial score (nSPS) is 22.3. The highest BCUT2D eigenvalue weighted by atomic mass is 15.2. The molecule has 0 spiro atoms. The Morgan fingerprint density at radius 2 is 1.96 bits per heavy atom. The third-order valence-corrected chi connectivity index (χ3v) is 4.82. The Labute approximate surface area is 140 Å². The molecule has 1 aromatic carbocycles. The van der Waals surface area contributed by atoms with Gasteiger partial charge in [0.15, 0.2) is 5.96 Å². The zero-order valence-corrected chi connectivity index (χ0v) is 14.5. The largest absolute Gasteiger partial charge is 0.357 e. The first-order valence-corrected chi connectivity index (χ1v) is 9.06. The Balaban J connectivity index is 1.47. The number of guanidine groups is 1. The molecule has 23 heavy (non-hydrogen) atoms. The van der Waals surface area contributed by atoms with E-state index in [9.17, 15) is 0 Å². The van der Waals surface area contributed by atoms with Gasteiger partial charge in [0.25, 0.3) is 0 Å². The van der Waals surface area contributed by atoms with Gasteiger partial charge in [0.2, 0.25) is 0 Å². The molecule has 0 bridgehead atoms. The first kappa shape index (κ1) is 16.3. The van der Waals surface area contributed by atoms with Crippen LogP contribution in [0.1, 0.15) is 37.3 Å². The van der Waals surface area contributed by atoms with Crippen LogP contribution < -0.4 is 10.6 Å². The minimum Gasteiger partial charge on any atom is -0.357 e. The van der Waals surface area contributed by atoms with Gasteiger partial charge in [-0.3, -0.25) is 0 Å². The second kappa shape index (κ2) is 7.82. The van der Waals surface area contributed by atoms with Crippen molar-refractivity contribution in [1.82, 2.24) is 15.5 Å². The number of rotatable bonds is 6. The van der Waals surface area contributed by atoms with Crippen LogP contribution in [0.2, 0.25) is 0 Å². The highest BCUT2D eigenvalue weighted by molar-refractivity contribution is 5.79. The number of likely N-dealkylation sites (tertiary alicyclic amines) is 1. The average Bonchev–Trinajstić information content (AvgIpc) is 3.30. The highest BCUT2D eigenvalue weighted by Gasteiger charge is 2.34. The number of aliphatic imine (C=N–C) groups is 1. The molecule has 0 radical (unpaired) electrons. The fourth-order valence-corrected chi connectivity index (χ4v) is 3.25. The first-order valence-electron chi connectivity index (χ1n) is 9.06. The maximum absolute atomic E-state index is 4.72. The predicted molar refractivity (Wildman–Crippen MR) is 96.7 cm³/mol. The standard InChI is InChI=1S/C19H30N4/c1-3-20-19(21-12-16-6-4-15(2)5-7-16)22-13-17-10-11-23(14-17)18-8-9-18/h4-7,17-18H,3,8-14H2,1-2H3,(H2,20,21,22). The van der Waals surface area contributed by atoms with Crippen molar-refractivity contribution in [2.75, 3.05) is 26.2 Å². The molecule has 1 saturated carbocycles. The highest BCUT2D eigenvalue weighted by Crippen LogP contribution is 2.31. The fourth-order valence-electron chi connectivity index (χ4n) is 3.25. The second-order valence-corrected chi connectivity index (χ2v) is 6.94. The second-order valence-electron chi connectivity index (χ2n) is 6.94. The molecule has 0 amide bonds. The fraction of sp³-hybridized carbons (Fsp3) is 0.632. The Hall–Kier alpha value is -1.55. The molecule has 2 aliphatic rings. The number of benzene rings is 1. The van der Waals surface area contributed by atoms with Crippen molar-refractivity contribution in [1.29, 1.82) is 0 Å². The van der Waals surface area contributed by atoms with Gasteiger partial charge in [0.1, 0.15) is 0 Å². The lowest BCUT2D eigenvalue weighted by Gasteiger charge is -2.17. The van der Waals surface area contributed by atoms with Crippen molar-refractivity contribution < 1.29 is 0 Å². The summed E-state index contributed by atoms with van der Waals surface area (Å²) in [4.78, 5) is 7.39. The molecule has 1 heterocycles. The molecule has 126 valence electrons. The topological polar surface area (TPSA) is 39.7 Å². The van der Waals surface area contributed by atoms with E-state index in [1.54, 1.807) is 0 Å². The summed E-state index contributed by atoms with van der Waals surface area (Å²) in [6.07, 6.45) is 4.16. The molecular formula is C19H30N4. The van der Waals surface area contributed by atoms with Crippen LogP contribution in [-0.2, 0) is 6.54 Å². The third kappa shape index (κ3) is 4.96. The van der Waals surface area contributed by atoms with Crippen molar-refractivity contribution in [2.24, 2.45) is 10.9 Å². The summed E-state index contributed by atoms with van der Waals surface area (Å²) in [5, 5.41) is 6.90. The van der Waals surface area contributed by atoms with Crippen LogP contribution in [0.4, 0.5) is 0 Å². The van der Waals surface area contributed by atoms with Crippen LogP contribution in [0.25, 0.3) is 0 Å². The lowest BCUT2D eigenvalue weighted by Crippen LogP contribution is -2.40. The number of hydrogen-bond donors (Lipinski definition) is 2. The maximum Gasteiger partial charge on any atom is 0.191 e. The van der Waals surface area contributed by atoms with Gasteiger partial charge >= 0.3 is 0 Å². The summed E-state index contributed by atoms with van der Waals surface area (Å²) in [7, 11) is 0. The molecule has 1 aliphatic heterocycles. The van der Waals surface area contributed by atoms with E-state index in [0.717, 1.165) is 37.6 Å². The molecule has 1 atom stereocenters. The molecule has 0 aromatic heterocycles. The summed E-state index contributed by atoms with van der Waals surface area (Å²) in [6.45, 7) is 9.44. The van der Waals surface area contributed by atoms with E-state index in [-0.39, 0.29) is 0 Å². The van der Waals surface area contributed by atoms with E-state index in [0.29, 0.717) is 0 Å². The first-order chi connectivity index (χ1) is 11.2. The van der Waals surface area contributed by atoms with E-state index in [1.165, 1.54) is 43.5 Å². The van der Waals surface area contributed by atoms with Gasteiger partial charge in [0, 0.05) is 25.7 Å². The quantitative estimate of drug-likeness (QED) is 0.626. The van der Waals surface area contributed by atoms with Gasteiger partial charge in [-0.1, -0.05) is 29.8 Å². The molecule has 1 aromatic rings. The van der Waals surface area contributed by atoms with Gasteiger partial charge in [-0.25, -0.2) is 4.99 Å². The summed E-state index contributed by atoms with van der Waals surface area (Å²) in [6, 6.07) is 9.52. The monoisotopic (exact) mass is 314 g/mol. The number of aryl methyl sites for hydroxylation is 1. The zero-order chi connectivity index (χ0) is 16.1. The van der Waals surface area contributed by atoms with Crippen LogP contribution in [0, 0.1) is 12.8 Å². The van der Waals surface area contributed by atoms with Gasteiger partial charge in [-0.05, 0) is 51.1 Å². The smallest absolute Gasteiger partial charge is 0.191 e. The molecule has 1 saturated heterocycles. The van der Waals surface area contributed by atoms with Crippen LogP contribution in [-0.4, -0.2) is 43.1 Å². The SMILES string of the molecule is CCNC(=NCc1ccc(C)cc1)NCC1CCN(C2CC2)C1. The lowest BCUT2D eigenvalue weighted by molar-refractivity contribution is 0.314. The molecule has 2 N–H and O–H groups in total. The molecule has 4 heteroatoms. The maximum atomic E-state index is 4.72. The minimum absolute atomic E-state index is 0.731. The number of nitrogens with one attached hydrogen (secondary N) is 2. The van der Waals surface area contributed by atoms with E-state index in [4.69, 9.17) is 4.99 Å². The molecule has 3 rings (SSSR count). The van der Waals surface area contributed by atoms with Gasteiger partial charge in [-0.2, -0.15) is 0 Å². The number of hydrogen-bond acceptors (Lipinski definition) is 2. The van der Waals surface area contributed by atoms with E-state index >= 15 is 0 Å². The van der Waals surface area contributed by atoms with Gasteiger partial charge < -0.3 is 15.5 Å². The van der Waals surface area contributed by atoms with Crippen molar-refractivity contribution in [2.45, 2.75) is 45.7 Å². The number of nitrogens with zero attached hydrogens (tertiary/aromatic N) is 2. The Bertz CT molecular complexity index is 519. The van der Waals surface area contributed by atoms with Gasteiger partial charge in [0.05, 0.1) is 6.54 Å². The summed E-state index contributed by atoms with van der Waals surface area (Å²) in [5.74, 6) is 1.71. The summed E-state index contributed by atoms with van der Waals surface area (Å²) in [5.41, 5.74) is 2.55. The summed E-state index contributed by atoms with van der Waals surface area (Å²) >= 11 is 0. The van der Waals surface area contributed by atoms with Gasteiger partial charge in [-0.15, -0.1) is 0 Å². The summed E-state index contributed by atoms with van der Waals surface area (Å²) < 4.78 is 0. The van der Waals surface area contributed by atoms with Crippen molar-refractivity contribution in [3.05, 3.63) is 35.4 Å². The molecule has 1 unspecified atom stereocenters. The van der Waals surface area contributed by atoms with E-state index in [1.807, 2.05) is 0 Å². The Morgan fingerprint density at radius 1 is 1.17 bits per heavy atom. The Kier molecular flexibility index (Phi) is 5.55. The molecular weight excluding hydrogens is 284 g/mol. The molecule has 2 fully saturated rings. The van der Waals surface area contributed by atoms with Crippen molar-refractivity contribution >= 4 is 5.96 Å². The van der Waals surface area contributed by atoms with Crippen LogP contribution in [0.3, 0.4) is 0 Å². The van der Waals surface area contributed by atoms with Crippen LogP contribution in [0.5, 0.6) is 0 Å². The van der Waals surface area contributed by atoms with Crippen molar-refractivity contribution in [3.63, 3.8) is 0 Å². The van der Waals surface area contributed by atoms with E-state index < -0.39 is 0 Å².